The minimum atomic E-state index is -0.500. The van der Waals surface area contributed by atoms with Gasteiger partial charge in [-0.25, -0.2) is 9.59 Å². The molecule has 2 N–H and O–H groups in total. The Kier molecular flexibility index (Phi) is 2.85. The van der Waals surface area contributed by atoms with Crippen LogP contribution in [0.25, 0.3) is 0 Å². The molecular formula is C14H14N2O4. The predicted octanol–water partition coefficient (Wildman–Crippen LogP) is 1.63. The predicted molar refractivity (Wildman–Crippen MR) is 70.4 cm³/mol. The summed E-state index contributed by atoms with van der Waals surface area (Å²) in [6.07, 6.45) is 0. The molecule has 0 aliphatic carbocycles. The van der Waals surface area contributed by atoms with Gasteiger partial charge in [0.2, 0.25) is 0 Å². The minimum Gasteiger partial charge on any atom is -0.490 e. The van der Waals surface area contributed by atoms with Crippen molar-refractivity contribution in [3.8, 4) is 11.5 Å². The smallest absolute Gasteiger partial charge is 0.343 e. The lowest BCUT2D eigenvalue weighted by molar-refractivity contribution is -0.131. The zero-order valence-corrected chi connectivity index (χ0v) is 11.1. The van der Waals surface area contributed by atoms with E-state index in [9.17, 15) is 9.59 Å². The maximum atomic E-state index is 12.1. The van der Waals surface area contributed by atoms with Gasteiger partial charge in [0, 0.05) is 11.3 Å². The van der Waals surface area contributed by atoms with Crippen LogP contribution in [0, 0.1) is 0 Å². The average molecular weight is 274 g/mol. The first-order valence-electron chi connectivity index (χ1n) is 6.38. The molecule has 2 aliphatic heterocycles. The van der Waals surface area contributed by atoms with E-state index in [0.717, 1.165) is 5.56 Å². The SMILES string of the molecule is CCOc1cccc2c1OC(=O)C1=C(C)NC(=O)NC12. The van der Waals surface area contributed by atoms with Gasteiger partial charge in [-0.2, -0.15) is 0 Å². The van der Waals surface area contributed by atoms with Crippen LogP contribution in [-0.4, -0.2) is 18.6 Å². The number of urea groups is 1. The lowest BCUT2D eigenvalue weighted by Gasteiger charge is -2.33. The van der Waals surface area contributed by atoms with Gasteiger partial charge in [0.05, 0.1) is 18.2 Å². The first-order valence-corrected chi connectivity index (χ1v) is 6.38. The number of carbonyl (C=O) groups is 2. The van der Waals surface area contributed by atoms with Crippen LogP contribution in [0.15, 0.2) is 29.5 Å². The van der Waals surface area contributed by atoms with Gasteiger partial charge in [-0.05, 0) is 19.9 Å². The van der Waals surface area contributed by atoms with Crippen molar-refractivity contribution < 1.29 is 19.1 Å². The molecule has 1 unspecified atom stereocenters. The zero-order valence-electron chi connectivity index (χ0n) is 11.1. The third-order valence-electron chi connectivity index (χ3n) is 3.30. The van der Waals surface area contributed by atoms with Crippen molar-refractivity contribution in [3.05, 3.63) is 35.0 Å². The maximum Gasteiger partial charge on any atom is 0.343 e. The van der Waals surface area contributed by atoms with Gasteiger partial charge < -0.3 is 20.1 Å². The second-order valence-electron chi connectivity index (χ2n) is 4.57. The van der Waals surface area contributed by atoms with Crippen molar-refractivity contribution in [2.45, 2.75) is 19.9 Å². The number of amides is 2. The Hall–Kier alpha value is -2.50. The highest BCUT2D eigenvalue weighted by Gasteiger charge is 2.39. The summed E-state index contributed by atoms with van der Waals surface area (Å²) < 4.78 is 10.8. The lowest BCUT2D eigenvalue weighted by Crippen LogP contribution is -2.47. The van der Waals surface area contributed by atoms with Crippen molar-refractivity contribution in [2.75, 3.05) is 6.61 Å². The lowest BCUT2D eigenvalue weighted by atomic mass is 9.92. The molecule has 0 radical (unpaired) electrons. The van der Waals surface area contributed by atoms with E-state index in [1.165, 1.54) is 0 Å². The minimum absolute atomic E-state index is 0.335. The first-order chi connectivity index (χ1) is 9.61. The van der Waals surface area contributed by atoms with E-state index >= 15 is 0 Å². The summed E-state index contributed by atoms with van der Waals surface area (Å²) in [7, 11) is 0. The van der Waals surface area contributed by atoms with Gasteiger partial charge >= 0.3 is 12.0 Å². The van der Waals surface area contributed by atoms with E-state index < -0.39 is 12.0 Å². The fourth-order valence-electron chi connectivity index (χ4n) is 2.48. The molecule has 20 heavy (non-hydrogen) atoms. The molecule has 0 saturated carbocycles. The number of benzene rings is 1. The standard InChI is InChI=1S/C14H14N2O4/c1-3-19-9-6-4-5-8-11-10(13(17)20-12(8)9)7(2)15-14(18)16-11/h4-6,11H,3H2,1-2H3,(H2,15,16,18). The molecule has 0 fully saturated rings. The first kappa shape index (κ1) is 12.5. The van der Waals surface area contributed by atoms with Gasteiger partial charge in [-0.3, -0.25) is 0 Å². The molecular weight excluding hydrogens is 260 g/mol. The molecule has 1 aromatic carbocycles. The fourth-order valence-corrected chi connectivity index (χ4v) is 2.48. The number of nitrogens with one attached hydrogen (secondary N) is 2. The molecule has 2 amide bonds. The van der Waals surface area contributed by atoms with Crippen LogP contribution in [0.5, 0.6) is 11.5 Å². The summed E-state index contributed by atoms with van der Waals surface area (Å²) in [5, 5.41) is 5.32. The Morgan fingerprint density at radius 2 is 2.15 bits per heavy atom. The third-order valence-corrected chi connectivity index (χ3v) is 3.30. The van der Waals surface area contributed by atoms with Crippen LogP contribution in [0.4, 0.5) is 4.79 Å². The van der Waals surface area contributed by atoms with E-state index in [1.807, 2.05) is 19.1 Å². The molecule has 6 nitrogen and oxygen atoms in total. The maximum absolute atomic E-state index is 12.1. The number of allylic oxidation sites excluding steroid dienone is 1. The van der Waals surface area contributed by atoms with E-state index in [4.69, 9.17) is 9.47 Å². The second kappa shape index (κ2) is 4.56. The summed E-state index contributed by atoms with van der Waals surface area (Å²) in [5.41, 5.74) is 1.65. The summed E-state index contributed by atoms with van der Waals surface area (Å²) in [6.45, 7) is 4.00. The Morgan fingerprint density at radius 3 is 2.90 bits per heavy atom. The van der Waals surface area contributed by atoms with E-state index in [1.54, 1.807) is 13.0 Å². The van der Waals surface area contributed by atoms with Crippen LogP contribution in [-0.2, 0) is 4.79 Å². The van der Waals surface area contributed by atoms with Gasteiger partial charge in [0.25, 0.3) is 0 Å². The van der Waals surface area contributed by atoms with Crippen LogP contribution in [0.3, 0.4) is 0 Å². The van der Waals surface area contributed by atoms with Crippen molar-refractivity contribution in [2.24, 2.45) is 0 Å². The quantitative estimate of drug-likeness (QED) is 0.635. The van der Waals surface area contributed by atoms with Gasteiger partial charge in [0.1, 0.15) is 0 Å². The number of hydrogen-bond donors (Lipinski definition) is 2. The number of rotatable bonds is 2. The van der Waals surface area contributed by atoms with E-state index in [-0.39, 0.29) is 6.03 Å². The van der Waals surface area contributed by atoms with Crippen molar-refractivity contribution in [1.82, 2.24) is 10.6 Å². The van der Waals surface area contributed by atoms with Crippen molar-refractivity contribution in [3.63, 3.8) is 0 Å². The molecule has 104 valence electrons. The second-order valence-corrected chi connectivity index (χ2v) is 4.57. The molecule has 0 aromatic heterocycles. The van der Waals surface area contributed by atoms with Crippen molar-refractivity contribution >= 4 is 12.0 Å². The summed E-state index contributed by atoms with van der Waals surface area (Å²) in [6, 6.07) is 4.53. The number of esters is 1. The van der Waals surface area contributed by atoms with Crippen molar-refractivity contribution in [1.29, 1.82) is 0 Å². The van der Waals surface area contributed by atoms with Gasteiger partial charge in [0.15, 0.2) is 11.5 Å². The molecule has 6 heteroatoms. The van der Waals surface area contributed by atoms with E-state index in [2.05, 4.69) is 10.6 Å². The van der Waals surface area contributed by atoms with E-state index in [0.29, 0.717) is 29.4 Å². The highest BCUT2D eigenvalue weighted by atomic mass is 16.6. The molecule has 0 saturated heterocycles. The Labute approximate surface area is 115 Å². The Bertz CT molecular complexity index is 636. The zero-order chi connectivity index (χ0) is 14.3. The van der Waals surface area contributed by atoms with Gasteiger partial charge in [-0.1, -0.05) is 12.1 Å². The normalized spacial score (nSPS) is 20.4. The molecule has 3 rings (SSSR count). The molecule has 2 aliphatic rings. The monoisotopic (exact) mass is 274 g/mol. The summed E-state index contributed by atoms with van der Waals surface area (Å²) in [4.78, 5) is 23.8. The number of fused-ring (bicyclic) bond motifs is 3. The van der Waals surface area contributed by atoms with Crippen LogP contribution < -0.4 is 20.1 Å². The Morgan fingerprint density at radius 1 is 1.35 bits per heavy atom. The fraction of sp³-hybridized carbons (Fsp3) is 0.286. The van der Waals surface area contributed by atoms with Crippen LogP contribution in [0.2, 0.25) is 0 Å². The molecule has 2 heterocycles. The molecule has 0 bridgehead atoms. The topological polar surface area (TPSA) is 76.7 Å². The number of ether oxygens (including phenoxy) is 2. The van der Waals surface area contributed by atoms with Gasteiger partial charge in [-0.15, -0.1) is 0 Å². The molecule has 1 atom stereocenters. The largest absolute Gasteiger partial charge is 0.490 e. The summed E-state index contributed by atoms with van der Waals surface area (Å²) >= 11 is 0. The number of para-hydroxylation sites is 1. The number of hydrogen-bond acceptors (Lipinski definition) is 4. The van der Waals surface area contributed by atoms with Crippen LogP contribution in [0.1, 0.15) is 25.5 Å². The highest BCUT2D eigenvalue weighted by Crippen LogP contribution is 2.43. The molecule has 1 aromatic rings. The number of carbonyl (C=O) groups excluding carboxylic acids is 2. The summed E-state index contributed by atoms with van der Waals surface area (Å²) in [5.74, 6) is 0.408. The highest BCUT2D eigenvalue weighted by molar-refractivity contribution is 5.98. The van der Waals surface area contributed by atoms with Crippen LogP contribution >= 0.6 is 0 Å². The Balaban J connectivity index is 2.16. The third kappa shape index (κ3) is 1.80. The molecule has 0 spiro atoms. The average Bonchev–Trinajstić information content (AvgIpc) is 2.39.